The van der Waals surface area contributed by atoms with E-state index >= 15 is 0 Å². The van der Waals surface area contributed by atoms with Crippen LogP contribution < -0.4 is 0 Å². The Morgan fingerprint density at radius 1 is 1.00 bits per heavy atom. The minimum atomic E-state index is -1.97. The van der Waals surface area contributed by atoms with Crippen LogP contribution in [0.1, 0.15) is 6.92 Å². The topological polar surface area (TPSA) is 101 Å². The molecule has 5 heteroatoms. The van der Waals surface area contributed by atoms with Crippen molar-refractivity contribution in [3.8, 4) is 0 Å². The van der Waals surface area contributed by atoms with E-state index in [4.69, 9.17) is 25.5 Å². The molecule has 0 aliphatic rings. The van der Waals surface area contributed by atoms with Gasteiger partial charge in [0, 0.05) is 12.5 Å². The zero-order valence-corrected chi connectivity index (χ0v) is 6.25. The van der Waals surface area contributed by atoms with Crippen LogP contribution in [0.5, 0.6) is 0 Å². The van der Waals surface area contributed by atoms with Crippen LogP contribution in [0.3, 0.4) is 0 Å². The molecule has 5 nitrogen and oxygen atoms in total. The number of aliphatic hydroxyl groups excluding tert-OH is 4. The largest absolute Gasteiger partial charge is 0.396 e. The zero-order valence-electron chi connectivity index (χ0n) is 6.25. The molecule has 0 heterocycles. The average molecular weight is 166 g/mol. The van der Waals surface area contributed by atoms with Crippen LogP contribution in [-0.2, 0) is 0 Å². The fourth-order valence-electron chi connectivity index (χ4n) is 0.621. The smallest absolute Gasteiger partial charge is 0.180 e. The van der Waals surface area contributed by atoms with Crippen molar-refractivity contribution in [1.29, 1.82) is 0 Å². The first-order valence-electron chi connectivity index (χ1n) is 3.33. The normalized spacial score (nSPS) is 19.9. The highest BCUT2D eigenvalue weighted by molar-refractivity contribution is 4.73. The van der Waals surface area contributed by atoms with Gasteiger partial charge in [-0.1, -0.05) is 6.92 Å². The summed E-state index contributed by atoms with van der Waals surface area (Å²) in [6, 6.07) is 0. The predicted molar refractivity (Wildman–Crippen MR) is 36.5 cm³/mol. The summed E-state index contributed by atoms with van der Waals surface area (Å²) in [5, 5.41) is 43.2. The lowest BCUT2D eigenvalue weighted by Crippen LogP contribution is -2.41. The van der Waals surface area contributed by atoms with Gasteiger partial charge in [0.15, 0.2) is 6.29 Å². The van der Waals surface area contributed by atoms with Crippen molar-refractivity contribution in [3.63, 3.8) is 0 Å². The first-order valence-corrected chi connectivity index (χ1v) is 3.33. The lowest BCUT2D eigenvalue weighted by Gasteiger charge is -2.23. The molecule has 5 N–H and O–H groups in total. The van der Waals surface area contributed by atoms with Crippen molar-refractivity contribution in [3.05, 3.63) is 0 Å². The van der Waals surface area contributed by atoms with Crippen molar-refractivity contribution in [2.75, 3.05) is 6.61 Å². The van der Waals surface area contributed by atoms with E-state index in [9.17, 15) is 0 Å². The maximum Gasteiger partial charge on any atom is 0.180 e. The second-order valence-electron chi connectivity index (χ2n) is 2.55. The predicted octanol–water partition coefficient (Wildman–Crippen LogP) is -2.35. The monoisotopic (exact) mass is 166 g/mol. The summed E-state index contributed by atoms with van der Waals surface area (Å²) in [4.78, 5) is 0. The van der Waals surface area contributed by atoms with Crippen molar-refractivity contribution in [1.82, 2.24) is 0 Å². The number of hydrogen-bond acceptors (Lipinski definition) is 5. The van der Waals surface area contributed by atoms with Crippen molar-refractivity contribution in [2.45, 2.75) is 25.4 Å². The molecule has 0 saturated heterocycles. The molecule has 3 atom stereocenters. The van der Waals surface area contributed by atoms with Gasteiger partial charge in [-0.3, -0.25) is 0 Å². The van der Waals surface area contributed by atoms with Gasteiger partial charge >= 0.3 is 0 Å². The van der Waals surface area contributed by atoms with Crippen molar-refractivity contribution >= 4 is 0 Å². The Labute approximate surface area is 64.5 Å². The van der Waals surface area contributed by atoms with E-state index < -0.39 is 24.4 Å². The summed E-state index contributed by atoms with van der Waals surface area (Å²) in [7, 11) is 0. The second-order valence-corrected chi connectivity index (χ2v) is 2.55. The van der Waals surface area contributed by atoms with E-state index in [-0.39, 0.29) is 6.61 Å². The average Bonchev–Trinajstić information content (AvgIpc) is 2.00. The Morgan fingerprint density at radius 3 is 1.73 bits per heavy atom. The molecular formula is C6H14O5. The van der Waals surface area contributed by atoms with Gasteiger partial charge in [0.1, 0.15) is 6.10 Å². The lowest BCUT2D eigenvalue weighted by molar-refractivity contribution is -0.168. The molecule has 0 aromatic heterocycles. The quantitative estimate of drug-likeness (QED) is 0.301. The third-order valence-corrected chi connectivity index (χ3v) is 1.53. The molecule has 0 amide bonds. The SMILES string of the molecule is CC(CO)C(O)C(O)C(O)O. The first kappa shape index (κ1) is 10.8. The van der Waals surface area contributed by atoms with Gasteiger partial charge in [-0.15, -0.1) is 0 Å². The summed E-state index contributed by atoms with van der Waals surface area (Å²) in [5.41, 5.74) is 0. The van der Waals surface area contributed by atoms with Gasteiger partial charge in [0.05, 0.1) is 6.10 Å². The molecule has 0 spiro atoms. The Kier molecular flexibility index (Phi) is 4.55. The van der Waals surface area contributed by atoms with E-state index in [1.54, 1.807) is 0 Å². The van der Waals surface area contributed by atoms with E-state index in [0.29, 0.717) is 0 Å². The Morgan fingerprint density at radius 2 is 1.45 bits per heavy atom. The van der Waals surface area contributed by atoms with E-state index in [1.807, 2.05) is 0 Å². The van der Waals surface area contributed by atoms with Crippen LogP contribution in [0.15, 0.2) is 0 Å². The molecule has 0 fully saturated rings. The minimum Gasteiger partial charge on any atom is -0.396 e. The molecule has 0 aliphatic heterocycles. The summed E-state index contributed by atoms with van der Waals surface area (Å²) in [5.74, 6) is -0.577. The molecule has 0 bridgehead atoms. The number of rotatable bonds is 4. The van der Waals surface area contributed by atoms with Crippen LogP contribution >= 0.6 is 0 Å². The standard InChI is InChI=1S/C6H14O5/c1-3(2-7)4(8)5(9)6(10)11/h3-11H,2H2,1H3. The molecule has 68 valence electrons. The highest BCUT2D eigenvalue weighted by atomic mass is 16.5. The first-order chi connectivity index (χ1) is 5.00. The molecule has 0 aromatic rings. The van der Waals surface area contributed by atoms with Crippen molar-refractivity contribution < 1.29 is 25.5 Å². The minimum absolute atomic E-state index is 0.315. The van der Waals surface area contributed by atoms with E-state index in [2.05, 4.69) is 0 Å². The molecule has 3 unspecified atom stereocenters. The summed E-state index contributed by atoms with van der Waals surface area (Å²) in [6.45, 7) is 1.17. The fraction of sp³-hybridized carbons (Fsp3) is 1.00. The molecule has 0 rings (SSSR count). The molecule has 0 aliphatic carbocycles. The van der Waals surface area contributed by atoms with Gasteiger partial charge in [-0.2, -0.15) is 0 Å². The third kappa shape index (κ3) is 3.13. The van der Waals surface area contributed by atoms with E-state index in [0.717, 1.165) is 0 Å². The Hall–Kier alpha value is -0.200. The number of aliphatic hydroxyl groups is 5. The highest BCUT2D eigenvalue weighted by Crippen LogP contribution is 2.08. The summed E-state index contributed by atoms with van der Waals surface area (Å²) >= 11 is 0. The summed E-state index contributed by atoms with van der Waals surface area (Å²) < 4.78 is 0. The van der Waals surface area contributed by atoms with Gasteiger partial charge in [-0.25, -0.2) is 0 Å². The maximum absolute atomic E-state index is 9.03. The van der Waals surface area contributed by atoms with Gasteiger partial charge < -0.3 is 25.5 Å². The maximum atomic E-state index is 9.03. The van der Waals surface area contributed by atoms with Gasteiger partial charge in [-0.05, 0) is 0 Å². The molecule has 0 aromatic carbocycles. The molecule has 11 heavy (non-hydrogen) atoms. The number of hydrogen-bond donors (Lipinski definition) is 5. The fourth-order valence-corrected chi connectivity index (χ4v) is 0.621. The summed E-state index contributed by atoms with van der Waals surface area (Å²) in [6.07, 6.45) is -4.92. The van der Waals surface area contributed by atoms with Crippen LogP contribution in [0.2, 0.25) is 0 Å². The van der Waals surface area contributed by atoms with Crippen LogP contribution in [0.25, 0.3) is 0 Å². The third-order valence-electron chi connectivity index (χ3n) is 1.53. The van der Waals surface area contributed by atoms with Gasteiger partial charge in [0.2, 0.25) is 0 Å². The highest BCUT2D eigenvalue weighted by Gasteiger charge is 2.26. The zero-order chi connectivity index (χ0) is 9.02. The Balaban J connectivity index is 3.90. The molecular weight excluding hydrogens is 152 g/mol. The Bertz CT molecular complexity index is 105. The molecule has 0 saturated carbocycles. The second kappa shape index (κ2) is 4.63. The molecule has 0 radical (unpaired) electrons. The van der Waals surface area contributed by atoms with Crippen LogP contribution in [0, 0.1) is 5.92 Å². The van der Waals surface area contributed by atoms with Crippen LogP contribution in [-0.4, -0.2) is 50.6 Å². The van der Waals surface area contributed by atoms with Crippen molar-refractivity contribution in [2.24, 2.45) is 5.92 Å². The van der Waals surface area contributed by atoms with E-state index in [1.165, 1.54) is 6.92 Å². The lowest BCUT2D eigenvalue weighted by atomic mass is 10.0. The van der Waals surface area contributed by atoms with Gasteiger partial charge in [0.25, 0.3) is 0 Å². The van der Waals surface area contributed by atoms with Crippen LogP contribution in [0.4, 0.5) is 0 Å².